The second-order valence-corrected chi connectivity index (χ2v) is 23.5. The molecule has 0 bridgehead atoms. The highest BCUT2D eigenvalue weighted by Crippen LogP contribution is 2.53. The van der Waals surface area contributed by atoms with E-state index >= 15 is 0 Å². The van der Waals surface area contributed by atoms with Crippen LogP contribution in [-0.2, 0) is 10.8 Å². The SMILES string of the molecule is CC1(C)C2=C(C=CCC2)c2ccc(-c3ccc(N(c4ccccc4)c4ccc5c(-c6ccccc6)c6cc(N(c7ccccc7)c7ccc(-c8ccc9c(c8)C(C)(C)c8ccccc8-9)cc7)ccc6c(-c6ccccc6)c5c4)cc3)cc21. The van der Waals surface area contributed by atoms with Gasteiger partial charge in [-0.1, -0.05) is 227 Å². The van der Waals surface area contributed by atoms with E-state index in [-0.39, 0.29) is 10.8 Å². The molecule has 3 aliphatic carbocycles. The van der Waals surface area contributed by atoms with E-state index in [0.29, 0.717) is 0 Å². The number of fused-ring (bicyclic) bond motifs is 7. The van der Waals surface area contributed by atoms with E-state index in [1.54, 1.807) is 5.57 Å². The van der Waals surface area contributed by atoms with Crippen LogP contribution in [-0.4, -0.2) is 0 Å². The lowest BCUT2D eigenvalue weighted by atomic mass is 9.78. The number of allylic oxidation sites excluding steroid dienone is 4. The average molecular weight is 1050 g/mol. The molecule has 0 atom stereocenters. The zero-order valence-electron chi connectivity index (χ0n) is 46.9. The summed E-state index contributed by atoms with van der Waals surface area (Å²) in [5.41, 5.74) is 27.5. The molecular formula is C80H62N2. The van der Waals surface area contributed by atoms with Gasteiger partial charge in [0, 0.05) is 45.0 Å². The Labute approximate surface area is 482 Å². The molecule has 12 aromatic rings. The molecule has 392 valence electrons. The molecule has 0 saturated heterocycles. The smallest absolute Gasteiger partial charge is 0.0468 e. The first kappa shape index (κ1) is 49.3. The van der Waals surface area contributed by atoms with E-state index in [0.717, 1.165) is 47.0 Å². The first-order chi connectivity index (χ1) is 40.2. The first-order valence-corrected chi connectivity index (χ1v) is 29.0. The number of anilines is 6. The Balaban J connectivity index is 0.863. The highest BCUT2D eigenvalue weighted by molar-refractivity contribution is 6.22. The lowest BCUT2D eigenvalue weighted by molar-refractivity contribution is 0.607. The van der Waals surface area contributed by atoms with Crippen molar-refractivity contribution in [1.82, 2.24) is 0 Å². The van der Waals surface area contributed by atoms with Gasteiger partial charge in [-0.25, -0.2) is 0 Å². The van der Waals surface area contributed by atoms with Crippen LogP contribution in [0.2, 0.25) is 0 Å². The predicted molar refractivity (Wildman–Crippen MR) is 348 cm³/mol. The van der Waals surface area contributed by atoms with Gasteiger partial charge in [-0.05, 0) is 203 Å². The molecule has 0 amide bonds. The van der Waals surface area contributed by atoms with Crippen molar-refractivity contribution in [2.45, 2.75) is 51.4 Å². The van der Waals surface area contributed by atoms with Crippen LogP contribution in [0.3, 0.4) is 0 Å². The van der Waals surface area contributed by atoms with E-state index in [1.165, 1.54) is 105 Å². The molecule has 0 unspecified atom stereocenters. The van der Waals surface area contributed by atoms with Gasteiger partial charge < -0.3 is 9.80 Å². The van der Waals surface area contributed by atoms with Crippen LogP contribution in [0.15, 0.2) is 285 Å². The minimum absolute atomic E-state index is 0.0185. The summed E-state index contributed by atoms with van der Waals surface area (Å²) in [5, 5.41) is 4.79. The Bertz CT molecular complexity index is 4510. The lowest BCUT2D eigenvalue weighted by Gasteiger charge is -2.28. The highest BCUT2D eigenvalue weighted by atomic mass is 15.1. The summed E-state index contributed by atoms with van der Waals surface area (Å²) >= 11 is 0. The summed E-state index contributed by atoms with van der Waals surface area (Å²) in [6.45, 7) is 9.52. The number of hydrogen-bond donors (Lipinski definition) is 0. The molecule has 2 heteroatoms. The van der Waals surface area contributed by atoms with E-state index in [1.807, 2.05) is 0 Å². The second-order valence-electron chi connectivity index (χ2n) is 23.5. The van der Waals surface area contributed by atoms with Gasteiger partial charge in [-0.3, -0.25) is 0 Å². The number of nitrogens with zero attached hydrogens (tertiary/aromatic N) is 2. The third-order valence-corrected chi connectivity index (χ3v) is 18.2. The second kappa shape index (κ2) is 19.5. The number of benzene rings is 12. The van der Waals surface area contributed by atoms with Gasteiger partial charge >= 0.3 is 0 Å². The Morgan fingerprint density at radius 2 is 0.695 bits per heavy atom. The fourth-order valence-corrected chi connectivity index (χ4v) is 14.1. The zero-order valence-corrected chi connectivity index (χ0v) is 46.9. The van der Waals surface area contributed by atoms with Gasteiger partial charge in [0.2, 0.25) is 0 Å². The lowest BCUT2D eigenvalue weighted by Crippen LogP contribution is -2.17. The minimum Gasteiger partial charge on any atom is -0.310 e. The fraction of sp³-hybridized carbons (Fsp3) is 0.100. The Morgan fingerprint density at radius 1 is 0.293 bits per heavy atom. The van der Waals surface area contributed by atoms with Crippen LogP contribution in [0.1, 0.15) is 62.8 Å². The van der Waals surface area contributed by atoms with E-state index in [4.69, 9.17) is 0 Å². The van der Waals surface area contributed by atoms with Gasteiger partial charge in [-0.15, -0.1) is 0 Å². The highest BCUT2D eigenvalue weighted by Gasteiger charge is 2.38. The van der Waals surface area contributed by atoms with Crippen molar-refractivity contribution < 1.29 is 0 Å². The third kappa shape index (κ3) is 8.07. The van der Waals surface area contributed by atoms with Crippen molar-refractivity contribution in [1.29, 1.82) is 0 Å². The van der Waals surface area contributed by atoms with Crippen LogP contribution >= 0.6 is 0 Å². The summed E-state index contributed by atoms with van der Waals surface area (Å²) in [6.07, 6.45) is 6.95. The molecule has 0 heterocycles. The number of rotatable bonds is 10. The van der Waals surface area contributed by atoms with Gasteiger partial charge in [0.15, 0.2) is 0 Å². The van der Waals surface area contributed by atoms with Gasteiger partial charge in [0.05, 0.1) is 0 Å². The van der Waals surface area contributed by atoms with E-state index in [2.05, 4.69) is 317 Å². The van der Waals surface area contributed by atoms with Crippen molar-refractivity contribution in [2.24, 2.45) is 0 Å². The first-order valence-electron chi connectivity index (χ1n) is 29.0. The van der Waals surface area contributed by atoms with Gasteiger partial charge in [-0.2, -0.15) is 0 Å². The fourth-order valence-electron chi connectivity index (χ4n) is 14.1. The molecule has 0 spiro atoms. The maximum absolute atomic E-state index is 2.45. The monoisotopic (exact) mass is 1050 g/mol. The largest absolute Gasteiger partial charge is 0.310 e. The summed E-state index contributed by atoms with van der Waals surface area (Å²) < 4.78 is 0. The summed E-state index contributed by atoms with van der Waals surface area (Å²) in [4.78, 5) is 4.82. The topological polar surface area (TPSA) is 6.48 Å². The predicted octanol–water partition coefficient (Wildman–Crippen LogP) is 22.3. The van der Waals surface area contributed by atoms with Crippen molar-refractivity contribution >= 4 is 61.2 Å². The average Bonchev–Trinajstić information content (AvgIpc) is 2.98. The van der Waals surface area contributed by atoms with Crippen molar-refractivity contribution in [3.8, 4) is 55.6 Å². The van der Waals surface area contributed by atoms with Crippen LogP contribution in [0.5, 0.6) is 0 Å². The molecular weight excluding hydrogens is 989 g/mol. The van der Waals surface area contributed by atoms with Crippen LogP contribution in [0.25, 0.3) is 82.8 Å². The molecule has 82 heavy (non-hydrogen) atoms. The molecule has 0 aromatic heterocycles. The zero-order chi connectivity index (χ0) is 55.1. The maximum Gasteiger partial charge on any atom is 0.0468 e. The van der Waals surface area contributed by atoms with Gasteiger partial charge in [0.25, 0.3) is 0 Å². The van der Waals surface area contributed by atoms with E-state index in [9.17, 15) is 0 Å². The van der Waals surface area contributed by atoms with Crippen molar-refractivity contribution in [3.63, 3.8) is 0 Å². The molecule has 0 N–H and O–H groups in total. The van der Waals surface area contributed by atoms with Crippen LogP contribution in [0.4, 0.5) is 34.1 Å². The molecule has 15 rings (SSSR count). The summed E-state index contributed by atoms with van der Waals surface area (Å²) in [7, 11) is 0. The summed E-state index contributed by atoms with van der Waals surface area (Å²) in [6, 6.07) is 99.3. The number of hydrogen-bond acceptors (Lipinski definition) is 2. The van der Waals surface area contributed by atoms with Gasteiger partial charge in [0.1, 0.15) is 0 Å². The maximum atomic E-state index is 2.45. The molecule has 0 aliphatic heterocycles. The normalized spacial score (nSPS) is 14.3. The quantitative estimate of drug-likeness (QED) is 0.126. The van der Waals surface area contributed by atoms with Crippen molar-refractivity contribution in [2.75, 3.05) is 9.80 Å². The van der Waals surface area contributed by atoms with E-state index < -0.39 is 0 Å². The minimum atomic E-state index is -0.0671. The molecule has 0 radical (unpaired) electrons. The van der Waals surface area contributed by atoms with Crippen LogP contribution < -0.4 is 9.80 Å². The Kier molecular flexibility index (Phi) is 11.7. The Morgan fingerprint density at radius 3 is 1.21 bits per heavy atom. The molecule has 0 saturated carbocycles. The number of para-hydroxylation sites is 2. The standard InChI is InChI=1S/C80H62N2/c1-79(2)73-31-19-17-29-65(73)67-45-37-57(49-75(67)79)53-33-39-61(40-34-53)81(59-25-13-7-14-26-59)63-43-47-69-71(51-63)77(55-21-9-5-10-22-55)70-48-44-64(52-72(70)78(69)56-23-11-6-12-24-56)82(60-27-15-8-16-28-60)62-41-35-54(36-42-62)58-38-46-68-66-30-18-20-32-74(66)80(3,4)76(68)50-58/h5-19,21-31,33-52H,20,32H2,1-4H3. The van der Waals surface area contributed by atoms with Crippen molar-refractivity contribution in [3.05, 3.63) is 307 Å². The Hall–Kier alpha value is -9.76. The molecule has 2 nitrogen and oxygen atoms in total. The molecule has 3 aliphatic rings. The third-order valence-electron chi connectivity index (χ3n) is 18.2. The van der Waals surface area contributed by atoms with Crippen LogP contribution in [0, 0.1) is 0 Å². The molecule has 12 aromatic carbocycles. The molecule has 0 fully saturated rings. The summed E-state index contributed by atoms with van der Waals surface area (Å²) in [5.74, 6) is 0.